The molecule has 17 heavy (non-hydrogen) atoms. The number of anilines is 1. The second kappa shape index (κ2) is 5.10. The summed E-state index contributed by atoms with van der Waals surface area (Å²) in [7, 11) is 1.79. The van der Waals surface area contributed by atoms with Crippen LogP contribution in [0.4, 0.5) is 5.69 Å². The number of hydrogen-bond acceptors (Lipinski definition) is 3. The summed E-state index contributed by atoms with van der Waals surface area (Å²) in [6.07, 6.45) is 0.365. The molecule has 2 rings (SSSR count). The van der Waals surface area contributed by atoms with Crippen LogP contribution in [0.3, 0.4) is 0 Å². The van der Waals surface area contributed by atoms with Crippen molar-refractivity contribution in [2.45, 2.75) is 13.3 Å². The van der Waals surface area contributed by atoms with Crippen molar-refractivity contribution in [2.24, 2.45) is 0 Å². The molecule has 0 bridgehead atoms. The zero-order valence-corrected chi connectivity index (χ0v) is 10.7. The normalized spacial score (nSPS) is 10.2. The molecule has 0 fully saturated rings. The molecule has 4 heteroatoms. The Morgan fingerprint density at radius 1 is 1.35 bits per heavy atom. The lowest BCUT2D eigenvalue weighted by molar-refractivity contribution is -0.117. The highest BCUT2D eigenvalue weighted by Gasteiger charge is 2.12. The first-order valence-corrected chi connectivity index (χ1v) is 6.27. The number of hydrogen-bond donors (Lipinski definition) is 0. The van der Waals surface area contributed by atoms with E-state index in [0.29, 0.717) is 6.42 Å². The highest BCUT2D eigenvalue weighted by atomic mass is 32.1. The van der Waals surface area contributed by atoms with Gasteiger partial charge in [-0.2, -0.15) is 0 Å². The number of amides is 1. The fourth-order valence-corrected chi connectivity index (χ4v) is 2.29. The Morgan fingerprint density at radius 3 is 2.65 bits per heavy atom. The molecule has 88 valence electrons. The summed E-state index contributed by atoms with van der Waals surface area (Å²) in [5.41, 5.74) is 1.88. The van der Waals surface area contributed by atoms with Gasteiger partial charge in [-0.05, 0) is 19.1 Å². The summed E-state index contributed by atoms with van der Waals surface area (Å²) in [5.74, 6) is 0.0607. The van der Waals surface area contributed by atoms with Crippen LogP contribution in [0.5, 0.6) is 0 Å². The third kappa shape index (κ3) is 2.91. The fraction of sp³-hybridized carbons (Fsp3) is 0.231. The molecule has 1 heterocycles. The minimum atomic E-state index is 0.0607. The average molecular weight is 246 g/mol. The maximum Gasteiger partial charge on any atom is 0.233 e. The highest BCUT2D eigenvalue weighted by Crippen LogP contribution is 2.15. The number of aromatic nitrogens is 1. The SMILES string of the molecule is Cc1csc(CC(=O)N(C)c2ccccc2)n1. The van der Waals surface area contributed by atoms with E-state index in [4.69, 9.17) is 0 Å². The largest absolute Gasteiger partial charge is 0.315 e. The van der Waals surface area contributed by atoms with Crippen molar-refractivity contribution in [1.82, 2.24) is 4.98 Å². The van der Waals surface area contributed by atoms with Gasteiger partial charge < -0.3 is 4.90 Å². The number of nitrogens with zero attached hydrogens (tertiary/aromatic N) is 2. The van der Waals surface area contributed by atoms with E-state index in [0.717, 1.165) is 16.4 Å². The Morgan fingerprint density at radius 2 is 2.06 bits per heavy atom. The van der Waals surface area contributed by atoms with Gasteiger partial charge >= 0.3 is 0 Å². The minimum Gasteiger partial charge on any atom is -0.315 e. The summed E-state index contributed by atoms with van der Waals surface area (Å²) in [4.78, 5) is 18.0. The molecule has 3 nitrogen and oxygen atoms in total. The number of likely N-dealkylation sites (N-methyl/N-ethyl adjacent to an activating group) is 1. The second-order valence-corrected chi connectivity index (χ2v) is 4.79. The van der Waals surface area contributed by atoms with Gasteiger partial charge in [-0.15, -0.1) is 11.3 Å². The first kappa shape index (κ1) is 11.8. The number of aryl methyl sites for hydroxylation is 1. The molecule has 0 radical (unpaired) electrons. The molecule has 1 aromatic heterocycles. The van der Waals surface area contributed by atoms with Crippen molar-refractivity contribution in [1.29, 1.82) is 0 Å². The van der Waals surface area contributed by atoms with E-state index in [1.54, 1.807) is 11.9 Å². The molecule has 2 aromatic rings. The van der Waals surface area contributed by atoms with Crippen molar-refractivity contribution >= 4 is 22.9 Å². The zero-order valence-electron chi connectivity index (χ0n) is 9.88. The Bertz CT molecular complexity index is 507. The van der Waals surface area contributed by atoms with Crippen molar-refractivity contribution in [3.8, 4) is 0 Å². The quantitative estimate of drug-likeness (QED) is 0.834. The number of rotatable bonds is 3. The molecule has 1 amide bonds. The van der Waals surface area contributed by atoms with Crippen molar-refractivity contribution in [2.75, 3.05) is 11.9 Å². The maximum absolute atomic E-state index is 12.0. The van der Waals surface area contributed by atoms with Crippen molar-refractivity contribution in [3.63, 3.8) is 0 Å². The molecular weight excluding hydrogens is 232 g/mol. The Hall–Kier alpha value is -1.68. The first-order chi connectivity index (χ1) is 8.16. The van der Waals surface area contributed by atoms with Crippen LogP contribution >= 0.6 is 11.3 Å². The van der Waals surface area contributed by atoms with Crippen LogP contribution in [0.1, 0.15) is 10.7 Å². The number of benzene rings is 1. The Labute approximate surface area is 105 Å². The number of para-hydroxylation sites is 1. The van der Waals surface area contributed by atoms with E-state index in [1.807, 2.05) is 42.6 Å². The smallest absolute Gasteiger partial charge is 0.233 e. The van der Waals surface area contributed by atoms with Crippen molar-refractivity contribution < 1.29 is 4.79 Å². The van der Waals surface area contributed by atoms with Gasteiger partial charge in [-0.1, -0.05) is 18.2 Å². The van der Waals surface area contributed by atoms with E-state index >= 15 is 0 Å². The van der Waals surface area contributed by atoms with Gasteiger partial charge in [0.1, 0.15) is 5.01 Å². The molecular formula is C13H14N2OS. The van der Waals surface area contributed by atoms with Crippen LogP contribution in [0.2, 0.25) is 0 Å². The van der Waals surface area contributed by atoms with Gasteiger partial charge in [-0.3, -0.25) is 4.79 Å². The van der Waals surface area contributed by atoms with E-state index in [2.05, 4.69) is 4.98 Å². The maximum atomic E-state index is 12.0. The van der Waals surface area contributed by atoms with Crippen molar-refractivity contribution in [3.05, 3.63) is 46.4 Å². The topological polar surface area (TPSA) is 33.2 Å². The van der Waals surface area contributed by atoms with Gasteiger partial charge in [0.25, 0.3) is 0 Å². The zero-order chi connectivity index (χ0) is 12.3. The molecule has 0 N–H and O–H groups in total. The predicted molar refractivity (Wildman–Crippen MR) is 70.4 cm³/mol. The lowest BCUT2D eigenvalue weighted by Gasteiger charge is -2.16. The molecule has 0 saturated carbocycles. The minimum absolute atomic E-state index is 0.0607. The summed E-state index contributed by atoms with van der Waals surface area (Å²) in [6, 6.07) is 9.63. The molecule has 0 atom stereocenters. The summed E-state index contributed by atoms with van der Waals surface area (Å²) in [5, 5.41) is 2.83. The molecule has 0 aliphatic heterocycles. The predicted octanol–water partition coefficient (Wildman–Crippen LogP) is 2.66. The van der Waals surface area contributed by atoms with Crippen LogP contribution < -0.4 is 4.90 Å². The molecule has 1 aromatic carbocycles. The van der Waals surface area contributed by atoms with Crippen LogP contribution in [-0.2, 0) is 11.2 Å². The van der Waals surface area contributed by atoms with Crippen LogP contribution in [0, 0.1) is 6.92 Å². The van der Waals surface area contributed by atoms with Gasteiger partial charge in [0.15, 0.2) is 0 Å². The molecule has 0 saturated heterocycles. The molecule has 0 spiro atoms. The van der Waals surface area contributed by atoms with Gasteiger partial charge in [-0.25, -0.2) is 4.98 Å². The standard InChI is InChI=1S/C13H14N2OS/c1-10-9-17-12(14-10)8-13(16)15(2)11-6-4-3-5-7-11/h3-7,9H,8H2,1-2H3. The lowest BCUT2D eigenvalue weighted by atomic mass is 10.3. The average Bonchev–Trinajstić information content (AvgIpc) is 2.75. The highest BCUT2D eigenvalue weighted by molar-refractivity contribution is 7.09. The fourth-order valence-electron chi connectivity index (χ4n) is 1.53. The van der Waals surface area contributed by atoms with E-state index in [1.165, 1.54) is 11.3 Å². The monoisotopic (exact) mass is 246 g/mol. The number of carbonyl (C=O) groups is 1. The number of carbonyl (C=O) groups excluding carboxylic acids is 1. The summed E-state index contributed by atoms with van der Waals surface area (Å²) >= 11 is 1.53. The summed E-state index contributed by atoms with van der Waals surface area (Å²) < 4.78 is 0. The third-order valence-electron chi connectivity index (χ3n) is 2.49. The molecule has 0 aliphatic carbocycles. The van der Waals surface area contributed by atoms with E-state index in [-0.39, 0.29) is 5.91 Å². The molecule has 0 aliphatic rings. The van der Waals surface area contributed by atoms with Gasteiger partial charge in [0, 0.05) is 23.8 Å². The van der Waals surface area contributed by atoms with E-state index in [9.17, 15) is 4.79 Å². The lowest BCUT2D eigenvalue weighted by Crippen LogP contribution is -2.27. The molecule has 0 unspecified atom stereocenters. The second-order valence-electron chi connectivity index (χ2n) is 3.85. The van der Waals surface area contributed by atoms with E-state index < -0.39 is 0 Å². The van der Waals surface area contributed by atoms with Crippen LogP contribution in [0.15, 0.2) is 35.7 Å². The first-order valence-electron chi connectivity index (χ1n) is 5.39. The summed E-state index contributed by atoms with van der Waals surface area (Å²) in [6.45, 7) is 1.94. The number of thiazole rings is 1. The Kier molecular flexibility index (Phi) is 3.54. The Balaban J connectivity index is 2.06. The van der Waals surface area contributed by atoms with Crippen LogP contribution in [-0.4, -0.2) is 17.9 Å². The van der Waals surface area contributed by atoms with Crippen LogP contribution in [0.25, 0.3) is 0 Å². The van der Waals surface area contributed by atoms with Gasteiger partial charge in [0.05, 0.1) is 6.42 Å². The third-order valence-corrected chi connectivity index (χ3v) is 3.45. The van der Waals surface area contributed by atoms with Gasteiger partial charge in [0.2, 0.25) is 5.91 Å².